The zero-order valence-electron chi connectivity index (χ0n) is 41.3. The van der Waals surface area contributed by atoms with Crippen LogP contribution in [0.1, 0.15) is 0 Å². The zero-order chi connectivity index (χ0) is 50.1. The van der Waals surface area contributed by atoms with Crippen LogP contribution in [0.15, 0.2) is 279 Å². The molecular weight excluding hydrogens is 921 g/mol. The summed E-state index contributed by atoms with van der Waals surface area (Å²) >= 11 is 0. The van der Waals surface area contributed by atoms with Crippen molar-refractivity contribution < 1.29 is 0 Å². The van der Waals surface area contributed by atoms with Gasteiger partial charge < -0.3 is 9.13 Å². The van der Waals surface area contributed by atoms with Crippen molar-refractivity contribution in [2.75, 3.05) is 0 Å². The molecule has 0 aliphatic heterocycles. The molecule has 0 amide bonds. The largest absolute Gasteiger partial charge is 0.309 e. The van der Waals surface area contributed by atoms with Crippen LogP contribution in [0, 0.1) is 0 Å². The molecule has 3 aromatic heterocycles. The number of fused-ring (bicyclic) bond motifs is 8. The molecule has 0 unspecified atom stereocenters. The molecule has 76 heavy (non-hydrogen) atoms. The van der Waals surface area contributed by atoms with Crippen LogP contribution < -0.4 is 0 Å². The molecule has 0 N–H and O–H groups in total. The highest BCUT2D eigenvalue weighted by Gasteiger charge is 2.20. The van der Waals surface area contributed by atoms with E-state index >= 15 is 0 Å². The summed E-state index contributed by atoms with van der Waals surface area (Å²) in [7, 11) is 0. The van der Waals surface area contributed by atoms with Crippen molar-refractivity contribution in [3.8, 4) is 78.4 Å². The lowest BCUT2D eigenvalue weighted by atomic mass is 10.0. The van der Waals surface area contributed by atoms with Gasteiger partial charge in [-0.3, -0.25) is 0 Å². The van der Waals surface area contributed by atoms with E-state index in [1.54, 1.807) is 0 Å². The predicted octanol–water partition coefficient (Wildman–Crippen LogP) is 19.0. The molecule has 15 aromatic rings. The maximum Gasteiger partial charge on any atom is 0.0973 e. The SMILES string of the molecule is c1ccc(-c2ccc3c(c2)c2cc(-c4ccccc4)ccc2n3-c2ccc(-c3nc4cc5ccccc5cc4nc3-c3ccc(-n4c5ccc(-c6ccccc6)cc5c5cc(-c6ccccc6)ccc54)cc3)cc2)cc1. The first-order valence-corrected chi connectivity index (χ1v) is 26.0. The monoisotopic (exact) mass is 966 g/mol. The van der Waals surface area contributed by atoms with Crippen LogP contribution in [-0.4, -0.2) is 19.1 Å². The molecule has 4 heteroatoms. The lowest BCUT2D eigenvalue weighted by molar-refractivity contribution is 1.18. The molecule has 0 aliphatic rings. The van der Waals surface area contributed by atoms with E-state index in [2.05, 4.69) is 288 Å². The Morgan fingerprint density at radius 2 is 0.474 bits per heavy atom. The molecule has 0 saturated heterocycles. The summed E-state index contributed by atoms with van der Waals surface area (Å²) in [6.07, 6.45) is 0. The molecule has 3 heterocycles. The summed E-state index contributed by atoms with van der Waals surface area (Å²) in [5.41, 5.74) is 21.7. The quantitative estimate of drug-likeness (QED) is 0.142. The summed E-state index contributed by atoms with van der Waals surface area (Å²) in [6, 6.07) is 101. The standard InChI is InChI=1S/C72H46N4/c1-5-15-47(16-6-1)55-29-37-67-61(41-55)62-42-56(48-17-7-2-8-18-48)30-38-68(62)75(67)59-33-25-51(26-34-59)71-72(74-66-46-54-24-14-13-23-53(54)45-65(66)73-71)52-27-35-60(36-28-52)76-69-39-31-57(49-19-9-3-10-20-49)43-63(69)64-44-58(32-40-70(64)76)50-21-11-4-12-22-50/h1-46H. The second kappa shape index (κ2) is 17.8. The average molecular weight is 967 g/mol. The Hall–Kier alpha value is -10.2. The maximum atomic E-state index is 5.49. The van der Waals surface area contributed by atoms with E-state index in [0.717, 1.165) is 77.8 Å². The van der Waals surface area contributed by atoms with Crippen molar-refractivity contribution in [2.45, 2.75) is 0 Å². The topological polar surface area (TPSA) is 35.6 Å². The van der Waals surface area contributed by atoms with Crippen LogP contribution in [0.2, 0.25) is 0 Å². The number of hydrogen-bond donors (Lipinski definition) is 0. The predicted molar refractivity (Wildman–Crippen MR) is 318 cm³/mol. The first-order valence-electron chi connectivity index (χ1n) is 26.0. The van der Waals surface area contributed by atoms with Gasteiger partial charge in [-0.2, -0.15) is 0 Å². The van der Waals surface area contributed by atoms with Gasteiger partial charge >= 0.3 is 0 Å². The minimum absolute atomic E-state index is 0.836. The van der Waals surface area contributed by atoms with Gasteiger partial charge in [0.25, 0.3) is 0 Å². The molecule has 12 aromatic carbocycles. The van der Waals surface area contributed by atoms with E-state index in [1.165, 1.54) is 66.1 Å². The lowest BCUT2D eigenvalue weighted by Crippen LogP contribution is -1.98. The molecule has 0 aliphatic carbocycles. The van der Waals surface area contributed by atoms with E-state index in [9.17, 15) is 0 Å². The molecule has 0 radical (unpaired) electrons. The van der Waals surface area contributed by atoms with Gasteiger partial charge in [0.2, 0.25) is 0 Å². The molecule has 0 atom stereocenters. The summed E-state index contributed by atoms with van der Waals surface area (Å²) in [5.74, 6) is 0. The van der Waals surface area contributed by atoms with E-state index in [4.69, 9.17) is 9.97 Å². The van der Waals surface area contributed by atoms with Crippen molar-refractivity contribution in [2.24, 2.45) is 0 Å². The Bertz CT molecular complexity index is 4200. The fraction of sp³-hybridized carbons (Fsp3) is 0. The van der Waals surface area contributed by atoms with Gasteiger partial charge in [0, 0.05) is 44.0 Å². The molecule has 15 rings (SSSR count). The maximum absolute atomic E-state index is 5.49. The second-order valence-corrected chi connectivity index (χ2v) is 19.8. The minimum Gasteiger partial charge on any atom is -0.309 e. The molecular formula is C72H46N4. The third-order valence-corrected chi connectivity index (χ3v) is 15.3. The van der Waals surface area contributed by atoms with Gasteiger partial charge in [-0.05, 0) is 140 Å². The number of nitrogens with zero attached hydrogens (tertiary/aromatic N) is 4. The normalized spacial score (nSPS) is 11.7. The van der Waals surface area contributed by atoms with Crippen LogP contribution in [0.3, 0.4) is 0 Å². The molecule has 0 spiro atoms. The van der Waals surface area contributed by atoms with Crippen LogP contribution in [0.5, 0.6) is 0 Å². The number of hydrogen-bond acceptors (Lipinski definition) is 2. The fourth-order valence-corrected chi connectivity index (χ4v) is 11.5. The third kappa shape index (κ3) is 7.38. The number of benzene rings is 12. The molecule has 0 fully saturated rings. The summed E-state index contributed by atoms with van der Waals surface area (Å²) in [5, 5.41) is 7.13. The molecule has 0 saturated carbocycles. The van der Waals surface area contributed by atoms with Gasteiger partial charge in [0.15, 0.2) is 0 Å². The first-order chi connectivity index (χ1) is 37.6. The van der Waals surface area contributed by atoms with E-state index in [-0.39, 0.29) is 0 Å². The van der Waals surface area contributed by atoms with Crippen LogP contribution in [0.25, 0.3) is 144 Å². The lowest BCUT2D eigenvalue weighted by Gasteiger charge is -2.14. The highest BCUT2D eigenvalue weighted by atomic mass is 15.0. The van der Waals surface area contributed by atoms with E-state index in [1.807, 2.05) is 0 Å². The van der Waals surface area contributed by atoms with E-state index < -0.39 is 0 Å². The zero-order valence-corrected chi connectivity index (χ0v) is 41.3. The number of aromatic nitrogens is 4. The third-order valence-electron chi connectivity index (χ3n) is 15.3. The van der Waals surface area contributed by atoms with Crippen molar-refractivity contribution >= 4 is 65.4 Å². The summed E-state index contributed by atoms with van der Waals surface area (Å²) in [6.45, 7) is 0. The van der Waals surface area contributed by atoms with Crippen LogP contribution in [-0.2, 0) is 0 Å². The van der Waals surface area contributed by atoms with Gasteiger partial charge in [-0.25, -0.2) is 9.97 Å². The van der Waals surface area contributed by atoms with E-state index in [0.29, 0.717) is 0 Å². The van der Waals surface area contributed by atoms with Gasteiger partial charge in [-0.15, -0.1) is 0 Å². The second-order valence-electron chi connectivity index (χ2n) is 19.8. The van der Waals surface area contributed by atoms with Gasteiger partial charge in [0.05, 0.1) is 44.5 Å². The number of rotatable bonds is 8. The Labute approximate surface area is 439 Å². The Morgan fingerprint density at radius 3 is 0.763 bits per heavy atom. The summed E-state index contributed by atoms with van der Waals surface area (Å²) in [4.78, 5) is 11.0. The molecule has 0 bridgehead atoms. The van der Waals surface area contributed by atoms with Crippen molar-refractivity contribution in [3.05, 3.63) is 279 Å². The van der Waals surface area contributed by atoms with Crippen molar-refractivity contribution in [3.63, 3.8) is 0 Å². The smallest absolute Gasteiger partial charge is 0.0973 e. The minimum atomic E-state index is 0.836. The van der Waals surface area contributed by atoms with Gasteiger partial charge in [0.1, 0.15) is 0 Å². The highest BCUT2D eigenvalue weighted by Crippen LogP contribution is 2.41. The fourth-order valence-electron chi connectivity index (χ4n) is 11.5. The van der Waals surface area contributed by atoms with Gasteiger partial charge in [-0.1, -0.05) is 194 Å². The molecule has 4 nitrogen and oxygen atoms in total. The Kier molecular flexibility index (Phi) is 10.2. The Morgan fingerprint density at radius 1 is 0.211 bits per heavy atom. The van der Waals surface area contributed by atoms with Crippen molar-refractivity contribution in [1.29, 1.82) is 0 Å². The van der Waals surface area contributed by atoms with Crippen LogP contribution >= 0.6 is 0 Å². The first kappa shape index (κ1) is 43.4. The molecule has 354 valence electrons. The van der Waals surface area contributed by atoms with Crippen LogP contribution in [0.4, 0.5) is 0 Å². The Balaban J connectivity index is 0.864. The average Bonchev–Trinajstić information content (AvgIpc) is 4.05. The van der Waals surface area contributed by atoms with Crippen molar-refractivity contribution in [1.82, 2.24) is 19.1 Å². The summed E-state index contributed by atoms with van der Waals surface area (Å²) < 4.78 is 4.80. The highest BCUT2D eigenvalue weighted by molar-refractivity contribution is 6.13.